The molecule has 1 aromatic carbocycles. The molecule has 2 heterocycles. The molecule has 7 nitrogen and oxygen atoms in total. The number of piperazine rings is 1. The quantitative estimate of drug-likeness (QED) is 0.574. The molecule has 0 unspecified atom stereocenters. The summed E-state index contributed by atoms with van der Waals surface area (Å²) in [5, 5.41) is 3.52. The highest BCUT2D eigenvalue weighted by Crippen LogP contribution is 2.18. The molecule has 2 aliphatic rings. The molecule has 2 fully saturated rings. The Kier molecular flexibility index (Phi) is 7.54. The molecule has 1 N–H and O–H groups in total. The van der Waals surface area contributed by atoms with Crippen LogP contribution in [0.4, 0.5) is 0 Å². The normalized spacial score (nSPS) is 20.8. The van der Waals surface area contributed by atoms with Crippen molar-refractivity contribution in [1.82, 2.24) is 19.4 Å². The molecule has 0 saturated carbocycles. The molecule has 0 bridgehead atoms. The summed E-state index contributed by atoms with van der Waals surface area (Å²) < 4.78 is 24.9. The maximum Gasteiger partial charge on any atom is 0.211 e. The Hall–Kier alpha value is -1.64. The zero-order valence-electron chi connectivity index (χ0n) is 18.0. The molecular formula is C21H35N5O2S. The number of guanidine groups is 1. The molecule has 0 atom stereocenters. The zero-order chi connectivity index (χ0) is 20.9. The Morgan fingerprint density at radius 1 is 1.14 bits per heavy atom. The smallest absolute Gasteiger partial charge is 0.211 e. The highest BCUT2D eigenvalue weighted by atomic mass is 32.2. The first-order valence-corrected chi connectivity index (χ1v) is 12.4. The van der Waals surface area contributed by atoms with Gasteiger partial charge in [0, 0.05) is 59.4 Å². The molecule has 0 aromatic heterocycles. The van der Waals surface area contributed by atoms with Gasteiger partial charge in [-0.15, -0.1) is 0 Å². The predicted octanol–water partition coefficient (Wildman–Crippen LogP) is 1.36. The number of aliphatic imine (C=N–C) groups is 1. The van der Waals surface area contributed by atoms with E-state index in [0.717, 1.165) is 58.1 Å². The SMILES string of the molecule is CN=C(NCC1CCN(S(C)(=O)=O)CC1)N1CCN(Cc2cccc(C)c2)CC1. The highest BCUT2D eigenvalue weighted by molar-refractivity contribution is 7.88. The second-order valence-corrected chi connectivity index (χ2v) is 10.3. The van der Waals surface area contributed by atoms with E-state index in [-0.39, 0.29) is 0 Å². The number of rotatable bonds is 5. The average Bonchev–Trinajstić information content (AvgIpc) is 2.69. The molecule has 0 amide bonds. The van der Waals surface area contributed by atoms with Crippen molar-refractivity contribution in [3.63, 3.8) is 0 Å². The van der Waals surface area contributed by atoms with E-state index in [1.165, 1.54) is 17.4 Å². The molecule has 162 valence electrons. The third-order valence-electron chi connectivity index (χ3n) is 5.96. The summed E-state index contributed by atoms with van der Waals surface area (Å²) in [4.78, 5) is 9.31. The van der Waals surface area contributed by atoms with Gasteiger partial charge in [-0.25, -0.2) is 12.7 Å². The molecule has 1 aromatic rings. The maximum atomic E-state index is 11.7. The summed E-state index contributed by atoms with van der Waals surface area (Å²) in [7, 11) is -1.22. The molecule has 0 spiro atoms. The van der Waals surface area contributed by atoms with Crippen LogP contribution in [0.15, 0.2) is 29.3 Å². The van der Waals surface area contributed by atoms with E-state index in [9.17, 15) is 8.42 Å². The fourth-order valence-corrected chi connectivity index (χ4v) is 5.07. The topological polar surface area (TPSA) is 68.2 Å². The average molecular weight is 422 g/mol. The van der Waals surface area contributed by atoms with E-state index >= 15 is 0 Å². The lowest BCUT2D eigenvalue weighted by Gasteiger charge is -2.37. The summed E-state index contributed by atoms with van der Waals surface area (Å²) in [5.74, 6) is 1.46. The summed E-state index contributed by atoms with van der Waals surface area (Å²) in [6.07, 6.45) is 3.11. The molecule has 0 aliphatic carbocycles. The van der Waals surface area contributed by atoms with Crippen molar-refractivity contribution in [1.29, 1.82) is 0 Å². The van der Waals surface area contributed by atoms with Crippen LogP contribution in [0.3, 0.4) is 0 Å². The van der Waals surface area contributed by atoms with Crippen molar-refractivity contribution in [2.24, 2.45) is 10.9 Å². The molecule has 3 rings (SSSR count). The van der Waals surface area contributed by atoms with Crippen LogP contribution in [-0.4, -0.2) is 87.6 Å². The summed E-state index contributed by atoms with van der Waals surface area (Å²) in [6.45, 7) is 9.25. The van der Waals surface area contributed by atoms with Gasteiger partial charge in [-0.2, -0.15) is 0 Å². The van der Waals surface area contributed by atoms with Crippen LogP contribution >= 0.6 is 0 Å². The Labute approximate surface area is 175 Å². The van der Waals surface area contributed by atoms with Gasteiger partial charge in [-0.1, -0.05) is 29.8 Å². The second kappa shape index (κ2) is 9.91. The number of aryl methyl sites for hydroxylation is 1. The third-order valence-corrected chi connectivity index (χ3v) is 7.27. The fourth-order valence-electron chi connectivity index (χ4n) is 4.20. The van der Waals surface area contributed by atoms with Gasteiger partial charge < -0.3 is 10.2 Å². The Bertz CT molecular complexity index is 795. The molecule has 2 aliphatic heterocycles. The van der Waals surface area contributed by atoms with Crippen molar-refractivity contribution in [2.45, 2.75) is 26.3 Å². The van der Waals surface area contributed by atoms with Crippen LogP contribution in [0.2, 0.25) is 0 Å². The van der Waals surface area contributed by atoms with Crippen molar-refractivity contribution in [3.05, 3.63) is 35.4 Å². The second-order valence-electron chi connectivity index (χ2n) is 8.29. The molecule has 2 saturated heterocycles. The fraction of sp³-hybridized carbons (Fsp3) is 0.667. The van der Waals surface area contributed by atoms with Crippen LogP contribution < -0.4 is 5.32 Å². The Morgan fingerprint density at radius 3 is 2.41 bits per heavy atom. The van der Waals surface area contributed by atoms with E-state index in [2.05, 4.69) is 51.3 Å². The number of nitrogens with one attached hydrogen (secondary N) is 1. The monoisotopic (exact) mass is 421 g/mol. The molecule has 0 radical (unpaired) electrons. The van der Waals surface area contributed by atoms with Gasteiger partial charge in [0.15, 0.2) is 5.96 Å². The van der Waals surface area contributed by atoms with Crippen LogP contribution in [-0.2, 0) is 16.6 Å². The number of hydrogen-bond acceptors (Lipinski definition) is 4. The predicted molar refractivity (Wildman–Crippen MR) is 119 cm³/mol. The van der Waals surface area contributed by atoms with Crippen LogP contribution in [0.1, 0.15) is 24.0 Å². The maximum absolute atomic E-state index is 11.7. The summed E-state index contributed by atoms with van der Waals surface area (Å²) >= 11 is 0. The lowest BCUT2D eigenvalue weighted by molar-refractivity contribution is 0.171. The molecule has 8 heteroatoms. The van der Waals surface area contributed by atoms with Crippen LogP contribution in [0.5, 0.6) is 0 Å². The minimum atomic E-state index is -3.06. The number of sulfonamides is 1. The number of benzene rings is 1. The largest absolute Gasteiger partial charge is 0.356 e. The van der Waals surface area contributed by atoms with Gasteiger partial charge in [0.05, 0.1) is 6.26 Å². The lowest BCUT2D eigenvalue weighted by atomic mass is 9.98. The summed E-state index contributed by atoms with van der Waals surface area (Å²) in [5.41, 5.74) is 2.69. The van der Waals surface area contributed by atoms with Gasteiger partial charge in [0.25, 0.3) is 0 Å². The Balaban J connectivity index is 1.41. The van der Waals surface area contributed by atoms with Gasteiger partial charge >= 0.3 is 0 Å². The minimum absolute atomic E-state index is 0.493. The van der Waals surface area contributed by atoms with E-state index in [0.29, 0.717) is 19.0 Å². The number of hydrogen-bond donors (Lipinski definition) is 1. The van der Waals surface area contributed by atoms with E-state index in [1.54, 1.807) is 4.31 Å². The van der Waals surface area contributed by atoms with E-state index in [1.807, 2.05) is 7.05 Å². The van der Waals surface area contributed by atoms with Gasteiger partial charge in [0.2, 0.25) is 10.0 Å². The number of nitrogens with zero attached hydrogens (tertiary/aromatic N) is 4. The molecular weight excluding hydrogens is 386 g/mol. The standard InChI is InChI=1S/C21H35N5O2S/c1-18-5-4-6-20(15-18)17-24-11-13-25(14-12-24)21(22-2)23-16-19-7-9-26(10-8-19)29(3,27)28/h4-6,15,19H,7-14,16-17H2,1-3H3,(H,22,23). The number of piperidine rings is 1. The minimum Gasteiger partial charge on any atom is -0.356 e. The van der Waals surface area contributed by atoms with Crippen LogP contribution in [0, 0.1) is 12.8 Å². The molecule has 29 heavy (non-hydrogen) atoms. The van der Waals surface area contributed by atoms with Crippen LogP contribution in [0.25, 0.3) is 0 Å². The van der Waals surface area contributed by atoms with Gasteiger partial charge in [0.1, 0.15) is 0 Å². The zero-order valence-corrected chi connectivity index (χ0v) is 18.8. The highest BCUT2D eigenvalue weighted by Gasteiger charge is 2.26. The Morgan fingerprint density at radius 2 is 1.83 bits per heavy atom. The summed E-state index contributed by atoms with van der Waals surface area (Å²) in [6, 6.07) is 8.74. The van der Waals surface area contributed by atoms with Crippen molar-refractivity contribution >= 4 is 16.0 Å². The van der Waals surface area contributed by atoms with E-state index < -0.39 is 10.0 Å². The first-order chi connectivity index (χ1) is 13.8. The van der Waals surface area contributed by atoms with Crippen molar-refractivity contribution < 1.29 is 8.42 Å². The third kappa shape index (κ3) is 6.42. The lowest BCUT2D eigenvalue weighted by Crippen LogP contribution is -2.53. The first-order valence-electron chi connectivity index (χ1n) is 10.5. The van der Waals surface area contributed by atoms with E-state index in [4.69, 9.17) is 0 Å². The first kappa shape index (κ1) is 22.1. The van der Waals surface area contributed by atoms with Gasteiger partial charge in [-0.05, 0) is 31.2 Å². The van der Waals surface area contributed by atoms with Crippen molar-refractivity contribution in [2.75, 3.05) is 59.1 Å². The van der Waals surface area contributed by atoms with Crippen molar-refractivity contribution in [3.8, 4) is 0 Å². The van der Waals surface area contributed by atoms with Gasteiger partial charge in [-0.3, -0.25) is 9.89 Å².